The molecule has 0 amide bonds. The third-order valence-electron chi connectivity index (χ3n) is 4.11. The summed E-state index contributed by atoms with van der Waals surface area (Å²) in [6.07, 6.45) is 9.50. The van der Waals surface area contributed by atoms with Crippen LogP contribution in [-0.4, -0.2) is 13.2 Å². The normalized spacial score (nSPS) is 9.69. The summed E-state index contributed by atoms with van der Waals surface area (Å²) in [5, 5.41) is 0. The van der Waals surface area contributed by atoms with Crippen LogP contribution in [0.2, 0.25) is 0 Å². The van der Waals surface area contributed by atoms with E-state index in [0.29, 0.717) is 13.2 Å². The highest BCUT2D eigenvalue weighted by molar-refractivity contribution is 5.58. The number of unbranched alkanes of at least 4 members (excludes halogenated alkanes) is 6. The van der Waals surface area contributed by atoms with Crippen molar-refractivity contribution in [2.75, 3.05) is 13.2 Å². The minimum Gasteiger partial charge on any atom is -0.492 e. The molecule has 142 valence electrons. The van der Waals surface area contributed by atoms with Crippen LogP contribution in [0.4, 0.5) is 0 Å². The molecule has 2 nitrogen and oxygen atoms in total. The van der Waals surface area contributed by atoms with Crippen molar-refractivity contribution in [3.8, 4) is 35.2 Å². The average molecular weight is 355 g/mol. The average Bonchev–Trinajstić information content (AvgIpc) is 2.64. The monoisotopic (exact) mass is 354 g/mol. The Morgan fingerprint density at radius 1 is 0.654 bits per heavy atom. The van der Waals surface area contributed by atoms with Gasteiger partial charge in [0.1, 0.15) is 11.5 Å². The maximum atomic E-state index is 6.01. The maximum absolute atomic E-state index is 6.01. The predicted molar refractivity (Wildman–Crippen MR) is 111 cm³/mol. The van der Waals surface area contributed by atoms with E-state index in [2.05, 4.69) is 37.5 Å². The van der Waals surface area contributed by atoms with Crippen LogP contribution in [0.5, 0.6) is 11.5 Å². The van der Waals surface area contributed by atoms with Crippen molar-refractivity contribution >= 4 is 0 Å². The summed E-state index contributed by atoms with van der Waals surface area (Å²) >= 11 is 0. The second-order valence-electron chi connectivity index (χ2n) is 6.41. The Labute approximate surface area is 160 Å². The van der Waals surface area contributed by atoms with Gasteiger partial charge in [0.25, 0.3) is 0 Å². The lowest BCUT2D eigenvalue weighted by Crippen LogP contribution is -2.03. The van der Waals surface area contributed by atoms with Gasteiger partial charge >= 0.3 is 0 Å². The van der Waals surface area contributed by atoms with Crippen molar-refractivity contribution in [2.45, 2.75) is 79.1 Å². The maximum Gasteiger partial charge on any atom is 0.136 e. The highest BCUT2D eigenvalue weighted by Crippen LogP contribution is 2.29. The molecule has 2 heteroatoms. The standard InChI is InChI=1S/C24H34O2/c1-5-9-11-13-17-25-23-19-22(16-8-4)24(20-21(23)15-7-3)26-18-14-12-10-6-2/h19-20H,5-6,9-14,17-18H2,1-4H3. The van der Waals surface area contributed by atoms with E-state index in [4.69, 9.17) is 9.47 Å². The summed E-state index contributed by atoms with van der Waals surface area (Å²) in [5.74, 6) is 13.9. The van der Waals surface area contributed by atoms with Gasteiger partial charge in [0.05, 0.1) is 24.3 Å². The Hall–Kier alpha value is -2.06. The largest absolute Gasteiger partial charge is 0.492 e. The molecule has 0 radical (unpaired) electrons. The minimum absolute atomic E-state index is 0.717. The highest BCUT2D eigenvalue weighted by atomic mass is 16.5. The molecular weight excluding hydrogens is 320 g/mol. The molecule has 0 unspecified atom stereocenters. The van der Waals surface area contributed by atoms with Gasteiger partial charge in [-0.25, -0.2) is 0 Å². The van der Waals surface area contributed by atoms with Crippen LogP contribution in [0.25, 0.3) is 0 Å². The van der Waals surface area contributed by atoms with Crippen LogP contribution in [0.3, 0.4) is 0 Å². The van der Waals surface area contributed by atoms with Gasteiger partial charge in [0.2, 0.25) is 0 Å². The molecule has 0 fully saturated rings. The molecule has 1 rings (SSSR count). The molecule has 0 aliphatic rings. The van der Waals surface area contributed by atoms with E-state index >= 15 is 0 Å². The predicted octanol–water partition coefficient (Wildman–Crippen LogP) is 6.35. The summed E-state index contributed by atoms with van der Waals surface area (Å²) in [7, 11) is 0. The Kier molecular flexibility index (Phi) is 12.0. The topological polar surface area (TPSA) is 18.5 Å². The fraction of sp³-hybridized carbons (Fsp3) is 0.583. The van der Waals surface area contributed by atoms with E-state index in [9.17, 15) is 0 Å². The van der Waals surface area contributed by atoms with Gasteiger partial charge in [-0.3, -0.25) is 0 Å². The minimum atomic E-state index is 0.717. The third kappa shape index (κ3) is 8.35. The molecule has 0 aromatic heterocycles. The van der Waals surface area contributed by atoms with Crippen LogP contribution in [0, 0.1) is 23.7 Å². The van der Waals surface area contributed by atoms with Gasteiger partial charge in [-0.05, 0) is 26.7 Å². The first-order valence-electron chi connectivity index (χ1n) is 10.1. The lowest BCUT2D eigenvalue weighted by Gasteiger charge is -2.13. The molecule has 0 spiro atoms. The molecule has 0 aliphatic carbocycles. The van der Waals surface area contributed by atoms with Gasteiger partial charge in [-0.2, -0.15) is 0 Å². The van der Waals surface area contributed by atoms with Crippen molar-refractivity contribution in [3.05, 3.63) is 23.3 Å². The van der Waals surface area contributed by atoms with E-state index in [-0.39, 0.29) is 0 Å². The Morgan fingerprint density at radius 3 is 1.42 bits per heavy atom. The zero-order valence-electron chi connectivity index (χ0n) is 17.0. The Morgan fingerprint density at radius 2 is 1.08 bits per heavy atom. The SMILES string of the molecule is CC#Cc1cc(OCCCCCC)c(C#CC)cc1OCCCCCC. The Bertz CT molecular complexity index is 580. The van der Waals surface area contributed by atoms with Crippen LogP contribution >= 0.6 is 0 Å². The van der Waals surface area contributed by atoms with Crippen molar-refractivity contribution < 1.29 is 9.47 Å². The van der Waals surface area contributed by atoms with Crippen LogP contribution < -0.4 is 9.47 Å². The summed E-state index contributed by atoms with van der Waals surface area (Å²) in [6.45, 7) is 9.55. The number of hydrogen-bond acceptors (Lipinski definition) is 2. The first kappa shape index (κ1) is 22.0. The fourth-order valence-corrected chi connectivity index (χ4v) is 2.69. The number of rotatable bonds is 12. The van der Waals surface area contributed by atoms with Crippen LogP contribution in [0.15, 0.2) is 12.1 Å². The third-order valence-corrected chi connectivity index (χ3v) is 4.11. The molecule has 1 aromatic rings. The molecule has 0 saturated carbocycles. The van der Waals surface area contributed by atoms with Crippen molar-refractivity contribution in [3.63, 3.8) is 0 Å². The molecular formula is C24H34O2. The number of ether oxygens (including phenoxy) is 2. The van der Waals surface area contributed by atoms with Gasteiger partial charge in [-0.15, -0.1) is 11.8 Å². The quantitative estimate of drug-likeness (QED) is 0.322. The van der Waals surface area contributed by atoms with Crippen molar-refractivity contribution in [1.82, 2.24) is 0 Å². The zero-order chi connectivity index (χ0) is 19.0. The van der Waals surface area contributed by atoms with E-state index in [1.54, 1.807) is 0 Å². The summed E-state index contributed by atoms with van der Waals surface area (Å²) in [5.41, 5.74) is 1.77. The van der Waals surface area contributed by atoms with Crippen LogP contribution in [-0.2, 0) is 0 Å². The molecule has 1 aromatic carbocycles. The van der Waals surface area contributed by atoms with E-state index in [1.807, 2.05) is 26.0 Å². The summed E-state index contributed by atoms with van der Waals surface area (Å²) in [4.78, 5) is 0. The number of hydrogen-bond donors (Lipinski definition) is 0. The molecule has 0 saturated heterocycles. The van der Waals surface area contributed by atoms with Gasteiger partial charge in [0.15, 0.2) is 0 Å². The molecule has 0 heterocycles. The molecule has 0 N–H and O–H groups in total. The smallest absolute Gasteiger partial charge is 0.136 e. The van der Waals surface area contributed by atoms with Crippen molar-refractivity contribution in [1.29, 1.82) is 0 Å². The fourth-order valence-electron chi connectivity index (χ4n) is 2.69. The van der Waals surface area contributed by atoms with Gasteiger partial charge < -0.3 is 9.47 Å². The lowest BCUT2D eigenvalue weighted by molar-refractivity contribution is 0.295. The molecule has 26 heavy (non-hydrogen) atoms. The van der Waals surface area contributed by atoms with Crippen molar-refractivity contribution in [2.24, 2.45) is 0 Å². The summed E-state index contributed by atoms with van der Waals surface area (Å²) < 4.78 is 12.0. The second-order valence-corrected chi connectivity index (χ2v) is 6.41. The zero-order valence-corrected chi connectivity index (χ0v) is 17.0. The van der Waals surface area contributed by atoms with E-state index in [0.717, 1.165) is 35.5 Å². The molecule has 0 aliphatic heterocycles. The second kappa shape index (κ2) is 14.1. The summed E-state index contributed by atoms with van der Waals surface area (Å²) in [6, 6.07) is 3.97. The van der Waals surface area contributed by atoms with E-state index < -0.39 is 0 Å². The molecule has 0 bridgehead atoms. The van der Waals surface area contributed by atoms with E-state index in [1.165, 1.54) is 38.5 Å². The van der Waals surface area contributed by atoms with Crippen LogP contribution in [0.1, 0.15) is 90.2 Å². The van der Waals surface area contributed by atoms with Gasteiger partial charge in [0, 0.05) is 12.1 Å². The first-order chi connectivity index (χ1) is 12.8. The lowest BCUT2D eigenvalue weighted by atomic mass is 10.1. The first-order valence-corrected chi connectivity index (χ1v) is 10.1. The van der Waals surface area contributed by atoms with Gasteiger partial charge in [-0.1, -0.05) is 64.2 Å². The Balaban J connectivity index is 2.86. The molecule has 0 atom stereocenters. The highest BCUT2D eigenvalue weighted by Gasteiger charge is 2.10. The number of benzene rings is 1.